The fraction of sp³-hybridized carbons (Fsp3) is 0.500. The number of aliphatic hydroxyl groups excluding tert-OH is 1. The van der Waals surface area contributed by atoms with E-state index in [-0.39, 0.29) is 11.9 Å². The molecule has 0 aromatic heterocycles. The van der Waals surface area contributed by atoms with Gasteiger partial charge in [-0.15, -0.1) is 0 Å². The zero-order chi connectivity index (χ0) is 14.0. The predicted octanol–water partition coefficient (Wildman–Crippen LogP) is 2.41. The highest BCUT2D eigenvalue weighted by Crippen LogP contribution is 2.26. The average Bonchev–Trinajstić information content (AvgIpc) is 2.40. The molecule has 3 N–H and O–H groups in total. The van der Waals surface area contributed by atoms with Crippen molar-refractivity contribution in [3.8, 4) is 0 Å². The molecular weight excluding hydrogens is 308 g/mol. The molecule has 19 heavy (non-hydrogen) atoms. The van der Waals surface area contributed by atoms with Crippen LogP contribution in [0.1, 0.15) is 36.0 Å². The summed E-state index contributed by atoms with van der Waals surface area (Å²) in [4.78, 5) is 14.1. The molecule has 1 amide bonds. The lowest BCUT2D eigenvalue weighted by molar-refractivity contribution is 0.0267. The molecular formula is C14H19BrN2O2. The minimum atomic E-state index is -0.428. The van der Waals surface area contributed by atoms with Crippen molar-refractivity contribution in [3.63, 3.8) is 0 Å². The smallest absolute Gasteiger partial charge is 0.255 e. The molecule has 0 saturated heterocycles. The lowest BCUT2D eigenvalue weighted by Crippen LogP contribution is -2.46. The molecule has 104 valence electrons. The molecule has 0 radical (unpaired) electrons. The number of nitrogens with two attached hydrogens (primary N) is 1. The number of hydrogen-bond acceptors (Lipinski definition) is 3. The van der Waals surface area contributed by atoms with Gasteiger partial charge < -0.3 is 15.7 Å². The van der Waals surface area contributed by atoms with Gasteiger partial charge in [0, 0.05) is 17.2 Å². The number of nitrogens with zero attached hydrogens (tertiary/aromatic N) is 1. The lowest BCUT2D eigenvalue weighted by atomic mass is 9.91. The van der Waals surface area contributed by atoms with E-state index in [1.807, 2.05) is 0 Å². The van der Waals surface area contributed by atoms with Crippen molar-refractivity contribution in [2.75, 3.05) is 12.8 Å². The number of anilines is 1. The third kappa shape index (κ3) is 3.09. The van der Waals surface area contributed by atoms with Gasteiger partial charge in [0.2, 0.25) is 0 Å². The summed E-state index contributed by atoms with van der Waals surface area (Å²) in [6, 6.07) is 5.08. The highest BCUT2D eigenvalue weighted by Gasteiger charge is 2.30. The number of amides is 1. The van der Waals surface area contributed by atoms with Crippen LogP contribution in [0.5, 0.6) is 0 Å². The van der Waals surface area contributed by atoms with Crippen LogP contribution in [0.3, 0.4) is 0 Å². The molecule has 2 atom stereocenters. The zero-order valence-electron chi connectivity index (χ0n) is 11.0. The topological polar surface area (TPSA) is 66.6 Å². The van der Waals surface area contributed by atoms with E-state index in [1.165, 1.54) is 0 Å². The van der Waals surface area contributed by atoms with E-state index in [1.54, 1.807) is 30.1 Å². The summed E-state index contributed by atoms with van der Waals surface area (Å²) in [5.41, 5.74) is 6.83. The molecule has 0 aliphatic heterocycles. The third-order valence-electron chi connectivity index (χ3n) is 3.73. The molecule has 5 heteroatoms. The summed E-state index contributed by atoms with van der Waals surface area (Å²) in [6.07, 6.45) is 3.27. The number of likely N-dealkylation sites (N-methyl/N-ethyl adjacent to an activating group) is 1. The summed E-state index contributed by atoms with van der Waals surface area (Å²) >= 11 is 3.37. The van der Waals surface area contributed by atoms with Gasteiger partial charge in [-0.1, -0.05) is 12.8 Å². The molecule has 4 nitrogen and oxygen atoms in total. The van der Waals surface area contributed by atoms with E-state index in [2.05, 4.69) is 15.9 Å². The second-order valence-corrected chi connectivity index (χ2v) is 5.93. The number of benzene rings is 1. The Balaban J connectivity index is 2.20. The van der Waals surface area contributed by atoms with Crippen LogP contribution in [0.25, 0.3) is 0 Å². The highest BCUT2D eigenvalue weighted by molar-refractivity contribution is 9.10. The molecule has 1 aromatic rings. The molecule has 2 unspecified atom stereocenters. The van der Waals surface area contributed by atoms with Gasteiger partial charge in [-0.25, -0.2) is 0 Å². The Morgan fingerprint density at radius 1 is 1.42 bits per heavy atom. The Morgan fingerprint density at radius 2 is 2.11 bits per heavy atom. The number of rotatable bonds is 2. The van der Waals surface area contributed by atoms with Crippen LogP contribution in [0.2, 0.25) is 0 Å². The Morgan fingerprint density at radius 3 is 2.79 bits per heavy atom. The SMILES string of the molecule is CN(C(=O)c1cc(N)ccc1Br)C1CCCCC1O. The molecule has 0 spiro atoms. The van der Waals surface area contributed by atoms with Crippen molar-refractivity contribution >= 4 is 27.5 Å². The van der Waals surface area contributed by atoms with Gasteiger partial charge in [0.05, 0.1) is 17.7 Å². The van der Waals surface area contributed by atoms with Crippen LogP contribution < -0.4 is 5.73 Å². The van der Waals surface area contributed by atoms with E-state index < -0.39 is 6.10 Å². The number of halogens is 1. The molecule has 0 bridgehead atoms. The van der Waals surface area contributed by atoms with Crippen LogP contribution in [0.15, 0.2) is 22.7 Å². The van der Waals surface area contributed by atoms with E-state index in [0.29, 0.717) is 11.3 Å². The van der Waals surface area contributed by atoms with E-state index in [0.717, 1.165) is 30.2 Å². The first-order chi connectivity index (χ1) is 9.00. The summed E-state index contributed by atoms with van der Waals surface area (Å²) in [5.74, 6) is -0.106. The van der Waals surface area contributed by atoms with Gasteiger partial charge in [-0.2, -0.15) is 0 Å². The first-order valence-electron chi connectivity index (χ1n) is 6.51. The standard InChI is InChI=1S/C14H19BrN2O2/c1-17(12-4-2-3-5-13(12)18)14(19)10-8-9(16)6-7-11(10)15/h6-8,12-13,18H,2-5,16H2,1H3. The monoisotopic (exact) mass is 326 g/mol. The van der Waals surface area contributed by atoms with Crippen LogP contribution in [-0.2, 0) is 0 Å². The molecule has 1 fully saturated rings. The van der Waals surface area contributed by atoms with Crippen LogP contribution >= 0.6 is 15.9 Å². The quantitative estimate of drug-likeness (QED) is 0.820. The summed E-state index contributed by atoms with van der Waals surface area (Å²) in [6.45, 7) is 0. The molecule has 0 heterocycles. The maximum atomic E-state index is 12.5. The van der Waals surface area contributed by atoms with Gasteiger partial charge in [-0.05, 0) is 47.0 Å². The van der Waals surface area contributed by atoms with Gasteiger partial charge >= 0.3 is 0 Å². The van der Waals surface area contributed by atoms with E-state index in [9.17, 15) is 9.90 Å². The summed E-state index contributed by atoms with van der Waals surface area (Å²) < 4.78 is 0.726. The molecule has 1 aromatic carbocycles. The Kier molecular flexibility index (Phi) is 4.47. The molecule has 1 saturated carbocycles. The van der Waals surface area contributed by atoms with Gasteiger partial charge in [-0.3, -0.25) is 4.79 Å². The zero-order valence-corrected chi connectivity index (χ0v) is 12.6. The predicted molar refractivity (Wildman–Crippen MR) is 78.9 cm³/mol. The van der Waals surface area contributed by atoms with Crippen LogP contribution in [0, 0.1) is 0 Å². The van der Waals surface area contributed by atoms with Gasteiger partial charge in [0.25, 0.3) is 5.91 Å². The first-order valence-corrected chi connectivity index (χ1v) is 7.30. The van der Waals surface area contributed by atoms with Crippen molar-refractivity contribution < 1.29 is 9.90 Å². The summed E-state index contributed by atoms with van der Waals surface area (Å²) in [7, 11) is 1.75. The van der Waals surface area contributed by atoms with Crippen molar-refractivity contribution in [2.45, 2.75) is 37.8 Å². The van der Waals surface area contributed by atoms with E-state index in [4.69, 9.17) is 5.73 Å². The lowest BCUT2D eigenvalue weighted by Gasteiger charge is -2.35. The number of carbonyl (C=O) groups is 1. The Hall–Kier alpha value is -1.07. The first kappa shape index (κ1) is 14.3. The van der Waals surface area contributed by atoms with Crippen LogP contribution in [0.4, 0.5) is 5.69 Å². The van der Waals surface area contributed by atoms with Gasteiger partial charge in [0.1, 0.15) is 0 Å². The number of carbonyl (C=O) groups excluding carboxylic acids is 1. The largest absolute Gasteiger partial charge is 0.399 e. The Labute approximate surface area is 121 Å². The number of aliphatic hydroxyl groups is 1. The number of nitrogen functional groups attached to an aromatic ring is 1. The second-order valence-electron chi connectivity index (χ2n) is 5.07. The average molecular weight is 327 g/mol. The van der Waals surface area contributed by atoms with Crippen molar-refractivity contribution in [1.82, 2.24) is 4.90 Å². The minimum absolute atomic E-state index is 0.102. The van der Waals surface area contributed by atoms with Crippen LogP contribution in [-0.4, -0.2) is 35.1 Å². The Bertz CT molecular complexity index is 479. The van der Waals surface area contributed by atoms with Gasteiger partial charge in [0.15, 0.2) is 0 Å². The minimum Gasteiger partial charge on any atom is -0.399 e. The van der Waals surface area contributed by atoms with E-state index >= 15 is 0 Å². The van der Waals surface area contributed by atoms with Crippen molar-refractivity contribution in [3.05, 3.63) is 28.2 Å². The second kappa shape index (κ2) is 5.92. The third-order valence-corrected chi connectivity index (χ3v) is 4.42. The number of hydrogen-bond donors (Lipinski definition) is 2. The fourth-order valence-corrected chi connectivity index (χ4v) is 3.01. The maximum Gasteiger partial charge on any atom is 0.255 e. The molecule has 1 aliphatic carbocycles. The van der Waals surface area contributed by atoms with Crippen molar-refractivity contribution in [1.29, 1.82) is 0 Å². The van der Waals surface area contributed by atoms with Crippen molar-refractivity contribution in [2.24, 2.45) is 0 Å². The maximum absolute atomic E-state index is 12.5. The fourth-order valence-electron chi connectivity index (χ4n) is 2.59. The summed E-state index contributed by atoms with van der Waals surface area (Å²) in [5, 5.41) is 10.0. The molecule has 1 aliphatic rings. The highest BCUT2D eigenvalue weighted by atomic mass is 79.9. The normalized spacial score (nSPS) is 23.1. The molecule has 2 rings (SSSR count).